The molecular weight excluding hydrogens is 280 g/mol. The van der Waals surface area contributed by atoms with E-state index in [0.29, 0.717) is 22.6 Å². The highest BCUT2D eigenvalue weighted by atomic mass is 32.2. The highest BCUT2D eigenvalue weighted by Gasteiger charge is 2.07. The van der Waals surface area contributed by atoms with Gasteiger partial charge in [0, 0.05) is 22.7 Å². The van der Waals surface area contributed by atoms with E-state index in [1.807, 2.05) is 19.9 Å². The Morgan fingerprint density at radius 3 is 2.50 bits per heavy atom. The van der Waals surface area contributed by atoms with Crippen LogP contribution in [0.15, 0.2) is 35.2 Å². The van der Waals surface area contributed by atoms with Gasteiger partial charge in [0.2, 0.25) is 5.95 Å². The Bertz CT molecular complexity index is 573. The Kier molecular flexibility index (Phi) is 4.89. The zero-order valence-electron chi connectivity index (χ0n) is 11.2. The maximum Gasteiger partial charge on any atom is 0.288 e. The number of halogens is 2. The van der Waals surface area contributed by atoms with Crippen molar-refractivity contribution < 1.29 is 8.78 Å². The summed E-state index contributed by atoms with van der Waals surface area (Å²) < 4.78 is 24.5. The first-order valence-corrected chi connectivity index (χ1v) is 7.11. The number of nitrogens with zero attached hydrogens (tertiary/aromatic N) is 2. The molecule has 0 saturated carbocycles. The first-order chi connectivity index (χ1) is 9.58. The van der Waals surface area contributed by atoms with Crippen LogP contribution in [-0.2, 0) is 0 Å². The largest absolute Gasteiger partial charge is 0.354 e. The summed E-state index contributed by atoms with van der Waals surface area (Å²) in [6, 6.07) is 8.81. The van der Waals surface area contributed by atoms with Gasteiger partial charge in [-0.25, -0.2) is 9.97 Å². The number of aryl methyl sites for hydroxylation is 1. The molecule has 1 N–H and O–H groups in total. The van der Waals surface area contributed by atoms with Gasteiger partial charge in [0.25, 0.3) is 5.76 Å². The van der Waals surface area contributed by atoms with Gasteiger partial charge in [-0.1, -0.05) is 23.9 Å². The van der Waals surface area contributed by atoms with Gasteiger partial charge in [-0.15, -0.1) is 0 Å². The van der Waals surface area contributed by atoms with Crippen molar-refractivity contribution in [2.45, 2.75) is 24.5 Å². The number of thioether (sulfide) groups is 1. The van der Waals surface area contributed by atoms with Gasteiger partial charge in [-0.3, -0.25) is 0 Å². The predicted octanol–water partition coefficient (Wildman–Crippen LogP) is 4.20. The second kappa shape index (κ2) is 6.65. The molecule has 2 aromatic rings. The minimum atomic E-state index is -2.40. The number of anilines is 1. The van der Waals surface area contributed by atoms with Gasteiger partial charge < -0.3 is 5.32 Å². The molecule has 3 nitrogen and oxygen atoms in total. The topological polar surface area (TPSA) is 37.8 Å². The van der Waals surface area contributed by atoms with E-state index in [0.717, 1.165) is 23.5 Å². The van der Waals surface area contributed by atoms with E-state index in [1.165, 1.54) is 0 Å². The van der Waals surface area contributed by atoms with E-state index in [-0.39, 0.29) is 0 Å². The first kappa shape index (κ1) is 14.7. The Labute approximate surface area is 120 Å². The summed E-state index contributed by atoms with van der Waals surface area (Å²) in [6.07, 6.45) is 0. The molecule has 0 bridgehead atoms. The summed E-state index contributed by atoms with van der Waals surface area (Å²) in [7, 11) is 0. The molecule has 0 amide bonds. The van der Waals surface area contributed by atoms with Crippen molar-refractivity contribution >= 4 is 17.7 Å². The second-order valence-corrected chi connectivity index (χ2v) is 5.21. The van der Waals surface area contributed by atoms with Crippen molar-refractivity contribution in [2.24, 2.45) is 0 Å². The van der Waals surface area contributed by atoms with Crippen LogP contribution in [0, 0.1) is 6.92 Å². The third-order valence-corrected chi connectivity index (χ3v) is 3.29. The number of aromatic nitrogens is 2. The molecule has 106 valence electrons. The molecule has 0 atom stereocenters. The molecule has 0 aliphatic rings. The van der Waals surface area contributed by atoms with Gasteiger partial charge in [-0.2, -0.15) is 8.78 Å². The SMILES string of the molecule is CCNc1nc(C)cc(-c2ccc(SC(F)F)cc2)n1. The zero-order chi connectivity index (χ0) is 14.5. The molecule has 0 aliphatic heterocycles. The fourth-order valence-corrected chi connectivity index (χ4v) is 2.26. The van der Waals surface area contributed by atoms with Crippen molar-refractivity contribution in [2.75, 3.05) is 11.9 Å². The summed E-state index contributed by atoms with van der Waals surface area (Å²) in [4.78, 5) is 9.23. The molecule has 0 unspecified atom stereocenters. The Hall–Kier alpha value is -1.69. The van der Waals surface area contributed by atoms with E-state index >= 15 is 0 Å². The smallest absolute Gasteiger partial charge is 0.288 e. The normalized spacial score (nSPS) is 10.8. The third kappa shape index (κ3) is 3.90. The number of alkyl halides is 2. The average molecular weight is 295 g/mol. The average Bonchev–Trinajstić information content (AvgIpc) is 2.38. The maximum atomic E-state index is 12.3. The highest BCUT2D eigenvalue weighted by Crippen LogP contribution is 2.27. The lowest BCUT2D eigenvalue weighted by Crippen LogP contribution is -2.03. The molecule has 0 saturated heterocycles. The lowest BCUT2D eigenvalue weighted by atomic mass is 10.1. The minimum Gasteiger partial charge on any atom is -0.354 e. The first-order valence-electron chi connectivity index (χ1n) is 6.23. The molecule has 0 spiro atoms. The van der Waals surface area contributed by atoms with Gasteiger partial charge in [0.1, 0.15) is 0 Å². The number of rotatable bonds is 5. The second-order valence-electron chi connectivity index (χ2n) is 4.15. The molecule has 1 aromatic heterocycles. The summed E-state index contributed by atoms with van der Waals surface area (Å²) in [5.41, 5.74) is 2.52. The Morgan fingerprint density at radius 1 is 1.20 bits per heavy atom. The fourth-order valence-electron chi connectivity index (χ4n) is 1.76. The lowest BCUT2D eigenvalue weighted by molar-refractivity contribution is 0.252. The van der Waals surface area contributed by atoms with E-state index in [1.54, 1.807) is 24.3 Å². The number of hydrogen-bond acceptors (Lipinski definition) is 4. The number of benzene rings is 1. The van der Waals surface area contributed by atoms with Crippen LogP contribution in [0.4, 0.5) is 14.7 Å². The zero-order valence-corrected chi connectivity index (χ0v) is 12.0. The van der Waals surface area contributed by atoms with E-state index < -0.39 is 5.76 Å². The molecule has 1 aromatic carbocycles. The van der Waals surface area contributed by atoms with Crippen LogP contribution in [0.1, 0.15) is 12.6 Å². The van der Waals surface area contributed by atoms with Crippen molar-refractivity contribution in [3.05, 3.63) is 36.0 Å². The van der Waals surface area contributed by atoms with Crippen LogP contribution in [0.3, 0.4) is 0 Å². The molecule has 20 heavy (non-hydrogen) atoms. The van der Waals surface area contributed by atoms with Crippen LogP contribution in [0.5, 0.6) is 0 Å². The molecule has 0 fully saturated rings. The van der Waals surface area contributed by atoms with Gasteiger partial charge in [0.05, 0.1) is 5.69 Å². The van der Waals surface area contributed by atoms with E-state index in [4.69, 9.17) is 0 Å². The lowest BCUT2D eigenvalue weighted by Gasteiger charge is -2.07. The van der Waals surface area contributed by atoms with Crippen molar-refractivity contribution in [1.82, 2.24) is 9.97 Å². The van der Waals surface area contributed by atoms with Crippen LogP contribution in [0.2, 0.25) is 0 Å². The van der Waals surface area contributed by atoms with Crippen molar-refractivity contribution in [3.8, 4) is 11.3 Å². The molecule has 0 radical (unpaired) electrons. The minimum absolute atomic E-state index is 0.538. The summed E-state index contributed by atoms with van der Waals surface area (Å²) in [6.45, 7) is 4.61. The van der Waals surface area contributed by atoms with Crippen LogP contribution in [-0.4, -0.2) is 22.3 Å². The van der Waals surface area contributed by atoms with Gasteiger partial charge >= 0.3 is 0 Å². The molecule has 6 heteroatoms. The van der Waals surface area contributed by atoms with Crippen molar-refractivity contribution in [1.29, 1.82) is 0 Å². The number of hydrogen-bond donors (Lipinski definition) is 1. The van der Waals surface area contributed by atoms with E-state index in [2.05, 4.69) is 15.3 Å². The van der Waals surface area contributed by atoms with Crippen LogP contribution >= 0.6 is 11.8 Å². The standard InChI is InChI=1S/C14H15F2N3S/c1-3-17-14-18-9(2)8-12(19-14)10-4-6-11(7-5-10)20-13(15)16/h4-8,13H,3H2,1-2H3,(H,17,18,19). The summed E-state index contributed by atoms with van der Waals surface area (Å²) >= 11 is 0.538. The number of nitrogens with one attached hydrogen (secondary N) is 1. The third-order valence-electron chi connectivity index (χ3n) is 2.56. The Morgan fingerprint density at radius 2 is 1.90 bits per heavy atom. The van der Waals surface area contributed by atoms with Gasteiger partial charge in [0.15, 0.2) is 0 Å². The van der Waals surface area contributed by atoms with Crippen LogP contribution in [0.25, 0.3) is 11.3 Å². The predicted molar refractivity (Wildman–Crippen MR) is 78.2 cm³/mol. The highest BCUT2D eigenvalue weighted by molar-refractivity contribution is 7.99. The van der Waals surface area contributed by atoms with Crippen molar-refractivity contribution in [3.63, 3.8) is 0 Å². The maximum absolute atomic E-state index is 12.3. The molecule has 2 rings (SSSR count). The quantitative estimate of drug-likeness (QED) is 0.839. The summed E-state index contributed by atoms with van der Waals surface area (Å²) in [5.74, 6) is -1.82. The monoisotopic (exact) mass is 295 g/mol. The van der Waals surface area contributed by atoms with Gasteiger partial charge in [-0.05, 0) is 32.0 Å². The fraction of sp³-hybridized carbons (Fsp3) is 0.286. The molecular formula is C14H15F2N3S. The molecule has 0 aliphatic carbocycles. The Balaban J connectivity index is 2.26. The van der Waals surface area contributed by atoms with E-state index in [9.17, 15) is 8.78 Å². The molecule has 1 heterocycles. The van der Waals surface area contributed by atoms with Crippen LogP contribution < -0.4 is 5.32 Å². The summed E-state index contributed by atoms with van der Waals surface area (Å²) in [5, 5.41) is 3.07.